The van der Waals surface area contributed by atoms with Gasteiger partial charge in [-0.25, -0.2) is 18.6 Å². The van der Waals surface area contributed by atoms with Crippen LogP contribution in [-0.4, -0.2) is 40.1 Å². The van der Waals surface area contributed by atoms with E-state index in [1.165, 1.54) is 0 Å². The highest BCUT2D eigenvalue weighted by Gasteiger charge is 2.34. The van der Waals surface area contributed by atoms with Crippen LogP contribution in [0.4, 0.5) is 13.6 Å². The topological polar surface area (TPSA) is 91.7 Å². The molecule has 1 fully saturated rings. The Morgan fingerprint density at radius 1 is 1.32 bits per heavy atom. The van der Waals surface area contributed by atoms with Crippen molar-refractivity contribution in [3.8, 4) is 11.8 Å². The van der Waals surface area contributed by atoms with E-state index >= 15 is 0 Å². The lowest BCUT2D eigenvalue weighted by molar-refractivity contribution is -0.140. The Balaban J connectivity index is 1.92. The third-order valence-electron chi connectivity index (χ3n) is 3.97. The predicted molar refractivity (Wildman–Crippen MR) is 98.5 cm³/mol. The van der Waals surface area contributed by atoms with Gasteiger partial charge in [0.15, 0.2) is 5.60 Å². The summed E-state index contributed by atoms with van der Waals surface area (Å²) in [6.07, 6.45) is -1.34. The summed E-state index contributed by atoms with van der Waals surface area (Å²) in [5, 5.41) is 21.4. The number of nitrogens with zero attached hydrogens (tertiary/aromatic N) is 1. The van der Waals surface area contributed by atoms with Crippen molar-refractivity contribution >= 4 is 22.0 Å². The number of hydrogen-bond acceptors (Lipinski definition) is 4. The highest BCUT2D eigenvalue weighted by molar-refractivity contribution is 9.10. The normalized spacial score (nSPS) is 15.7. The Labute approximate surface area is 167 Å². The molecule has 2 heterocycles. The minimum Gasteiger partial charge on any atom is -0.465 e. The number of rotatable bonds is 4. The molecule has 0 saturated carbocycles. The van der Waals surface area contributed by atoms with E-state index in [2.05, 4.69) is 38.1 Å². The number of benzene rings is 1. The second kappa shape index (κ2) is 8.22. The Morgan fingerprint density at radius 3 is 2.57 bits per heavy atom. The van der Waals surface area contributed by atoms with Crippen LogP contribution in [-0.2, 0) is 11.2 Å². The summed E-state index contributed by atoms with van der Waals surface area (Å²) >= 11 is 3.32. The fourth-order valence-corrected chi connectivity index (χ4v) is 3.15. The summed E-state index contributed by atoms with van der Waals surface area (Å²) in [5.74, 6) is 3.89. The fraction of sp³-hybridized carbons (Fsp3) is 0.263. The van der Waals surface area contributed by atoms with Gasteiger partial charge >= 0.3 is 6.09 Å². The molecular formula is C19H15BrF2N2O4. The highest BCUT2D eigenvalue weighted by atomic mass is 79.9. The molecule has 1 aromatic carbocycles. The van der Waals surface area contributed by atoms with Gasteiger partial charge in [-0.2, -0.15) is 0 Å². The highest BCUT2D eigenvalue weighted by Crippen LogP contribution is 2.26. The predicted octanol–water partition coefficient (Wildman–Crippen LogP) is 2.79. The lowest BCUT2D eigenvalue weighted by atomic mass is 10.0. The van der Waals surface area contributed by atoms with Gasteiger partial charge in [-0.15, -0.1) is 0 Å². The number of halogens is 3. The molecule has 0 radical (unpaired) electrons. The molecule has 3 rings (SSSR count). The lowest BCUT2D eigenvalue weighted by Gasteiger charge is -2.30. The van der Waals surface area contributed by atoms with Gasteiger partial charge in [0.2, 0.25) is 0 Å². The van der Waals surface area contributed by atoms with E-state index in [0.29, 0.717) is 15.9 Å². The number of aromatic nitrogens is 1. The zero-order valence-corrected chi connectivity index (χ0v) is 16.0. The molecule has 0 bridgehead atoms. The van der Waals surface area contributed by atoms with Crippen LogP contribution in [0, 0.1) is 23.5 Å². The minimum absolute atomic E-state index is 0.0265. The van der Waals surface area contributed by atoms with Crippen LogP contribution >= 0.6 is 15.9 Å². The summed E-state index contributed by atoms with van der Waals surface area (Å²) in [6.45, 7) is 0.218. The second-order valence-electron chi connectivity index (χ2n) is 6.32. The molecular weight excluding hydrogens is 438 g/mol. The van der Waals surface area contributed by atoms with Crippen molar-refractivity contribution in [2.24, 2.45) is 0 Å². The SMILES string of the molecule is O=C(O)NC(Cc1cc(F)cc(F)c1)c1nc(C#CC2(O)COC2)ccc1Br. The summed E-state index contributed by atoms with van der Waals surface area (Å²) in [7, 11) is 0. The second-order valence-corrected chi connectivity index (χ2v) is 7.18. The van der Waals surface area contributed by atoms with Gasteiger partial charge in [0.25, 0.3) is 0 Å². The maximum atomic E-state index is 13.5. The Morgan fingerprint density at radius 2 is 2.00 bits per heavy atom. The summed E-state index contributed by atoms with van der Waals surface area (Å²) in [4.78, 5) is 15.6. The number of carbonyl (C=O) groups is 1. The van der Waals surface area contributed by atoms with Gasteiger partial charge in [0.05, 0.1) is 24.9 Å². The lowest BCUT2D eigenvalue weighted by Crippen LogP contribution is -2.48. The molecule has 0 aliphatic carbocycles. The smallest absolute Gasteiger partial charge is 0.405 e. The first-order valence-corrected chi connectivity index (χ1v) is 8.97. The molecule has 0 spiro atoms. The number of carboxylic acid groups (broad SMARTS) is 1. The summed E-state index contributed by atoms with van der Waals surface area (Å²) < 4.78 is 32.4. The molecule has 1 amide bonds. The van der Waals surface area contributed by atoms with Gasteiger partial charge in [0.1, 0.15) is 17.3 Å². The van der Waals surface area contributed by atoms with E-state index in [9.17, 15) is 18.7 Å². The van der Waals surface area contributed by atoms with E-state index in [-0.39, 0.29) is 25.2 Å². The first-order chi connectivity index (χ1) is 13.2. The first kappa shape index (κ1) is 20.2. The molecule has 9 heteroatoms. The molecule has 1 unspecified atom stereocenters. The Hall–Kier alpha value is -2.54. The molecule has 1 aliphatic rings. The van der Waals surface area contributed by atoms with Crippen LogP contribution in [0.2, 0.25) is 0 Å². The van der Waals surface area contributed by atoms with Gasteiger partial charge in [-0.3, -0.25) is 0 Å². The molecule has 1 saturated heterocycles. The number of amides is 1. The Bertz CT molecular complexity index is 950. The van der Waals surface area contributed by atoms with Crippen LogP contribution in [0.5, 0.6) is 0 Å². The van der Waals surface area contributed by atoms with E-state index in [0.717, 1.165) is 18.2 Å². The third-order valence-corrected chi connectivity index (χ3v) is 4.64. The van der Waals surface area contributed by atoms with E-state index in [1.807, 2.05) is 0 Å². The van der Waals surface area contributed by atoms with Crippen LogP contribution in [0.15, 0.2) is 34.8 Å². The van der Waals surface area contributed by atoms with Crippen molar-refractivity contribution < 1.29 is 28.5 Å². The van der Waals surface area contributed by atoms with Crippen molar-refractivity contribution in [2.75, 3.05) is 13.2 Å². The van der Waals surface area contributed by atoms with Crippen molar-refractivity contribution in [2.45, 2.75) is 18.1 Å². The van der Waals surface area contributed by atoms with Crippen LogP contribution in [0.3, 0.4) is 0 Å². The summed E-state index contributed by atoms with van der Waals surface area (Å²) in [6, 6.07) is 5.35. The van der Waals surface area contributed by atoms with E-state index < -0.39 is 29.4 Å². The van der Waals surface area contributed by atoms with Crippen molar-refractivity contribution in [3.63, 3.8) is 0 Å². The molecule has 146 valence electrons. The molecule has 1 aliphatic heterocycles. The van der Waals surface area contributed by atoms with Crippen molar-refractivity contribution in [1.82, 2.24) is 10.3 Å². The number of hydrogen-bond donors (Lipinski definition) is 3. The van der Waals surface area contributed by atoms with Gasteiger partial charge < -0.3 is 20.3 Å². The Kier molecular flexibility index (Phi) is 5.93. The van der Waals surface area contributed by atoms with Crippen LogP contribution < -0.4 is 5.32 Å². The first-order valence-electron chi connectivity index (χ1n) is 8.18. The largest absolute Gasteiger partial charge is 0.465 e. The number of pyridine rings is 1. The van der Waals surface area contributed by atoms with Gasteiger partial charge in [-0.1, -0.05) is 5.92 Å². The van der Waals surface area contributed by atoms with Gasteiger partial charge in [0, 0.05) is 10.5 Å². The average Bonchev–Trinajstić information content (AvgIpc) is 2.57. The number of aliphatic hydroxyl groups is 1. The molecule has 1 atom stereocenters. The molecule has 1 aromatic heterocycles. The van der Waals surface area contributed by atoms with Crippen molar-refractivity contribution in [1.29, 1.82) is 0 Å². The monoisotopic (exact) mass is 452 g/mol. The maximum Gasteiger partial charge on any atom is 0.405 e. The van der Waals surface area contributed by atoms with Crippen LogP contribution in [0.25, 0.3) is 0 Å². The minimum atomic E-state index is -1.31. The quantitative estimate of drug-likeness (QED) is 0.620. The number of ether oxygens (including phenoxy) is 1. The van der Waals surface area contributed by atoms with Crippen molar-refractivity contribution in [3.05, 3.63) is 63.4 Å². The molecule has 2 aromatic rings. The number of nitrogens with one attached hydrogen (secondary N) is 1. The molecule has 28 heavy (non-hydrogen) atoms. The molecule has 6 nitrogen and oxygen atoms in total. The maximum absolute atomic E-state index is 13.5. The van der Waals surface area contributed by atoms with E-state index in [1.54, 1.807) is 12.1 Å². The zero-order chi connectivity index (χ0) is 20.3. The zero-order valence-electron chi connectivity index (χ0n) is 14.4. The average molecular weight is 453 g/mol. The summed E-state index contributed by atoms with van der Waals surface area (Å²) in [5.41, 5.74) is -0.341. The van der Waals surface area contributed by atoms with E-state index in [4.69, 9.17) is 9.84 Å². The van der Waals surface area contributed by atoms with Crippen LogP contribution in [0.1, 0.15) is 23.0 Å². The van der Waals surface area contributed by atoms with Gasteiger partial charge in [-0.05, 0) is 58.1 Å². The molecule has 3 N–H and O–H groups in total. The standard InChI is InChI=1S/C19H15BrF2N2O4/c20-15-2-1-14(3-4-19(27)9-28-10-19)23-17(15)16(24-18(25)26)7-11-5-12(21)8-13(22)6-11/h1-2,5-6,8,16,24,27H,7,9-10H2,(H,25,26). The third kappa shape index (κ3) is 5.04. The fourth-order valence-electron chi connectivity index (χ4n) is 2.65.